The van der Waals surface area contributed by atoms with Crippen molar-refractivity contribution in [3.8, 4) is 5.75 Å². The number of allylic oxidation sites excluding steroid dienone is 1. The Hall–Kier alpha value is -2.10. The van der Waals surface area contributed by atoms with Crippen molar-refractivity contribution in [2.24, 2.45) is 5.41 Å². The summed E-state index contributed by atoms with van der Waals surface area (Å²) < 4.78 is 10.5. The summed E-state index contributed by atoms with van der Waals surface area (Å²) in [5.74, 6) is -0.222. The van der Waals surface area contributed by atoms with Crippen LogP contribution in [0.4, 0.5) is 0 Å². The monoisotopic (exact) mass is 290 g/mol. The van der Waals surface area contributed by atoms with E-state index in [1.165, 1.54) is 0 Å². The van der Waals surface area contributed by atoms with Crippen molar-refractivity contribution in [2.45, 2.75) is 27.7 Å². The number of hydrogen-bond acceptors (Lipinski definition) is 4. The first-order chi connectivity index (χ1) is 9.93. The summed E-state index contributed by atoms with van der Waals surface area (Å²) in [6.07, 6.45) is 3.79. The maximum absolute atomic E-state index is 12.2. The molecule has 0 aliphatic carbocycles. The molecule has 0 spiro atoms. The molecule has 0 atom stereocenters. The Kier molecular flexibility index (Phi) is 6.15. The van der Waals surface area contributed by atoms with Crippen molar-refractivity contribution >= 4 is 17.8 Å². The third-order valence-electron chi connectivity index (χ3n) is 3.11. The molecule has 4 heteroatoms. The number of carbonyl (C=O) groups is 2. The zero-order valence-electron chi connectivity index (χ0n) is 13.0. The van der Waals surface area contributed by atoms with E-state index in [2.05, 4.69) is 0 Å². The maximum Gasteiger partial charge on any atom is 0.319 e. The summed E-state index contributed by atoms with van der Waals surface area (Å²) in [6, 6.07) is 7.42. The molecule has 21 heavy (non-hydrogen) atoms. The number of hydrogen-bond donors (Lipinski definition) is 0. The van der Waals surface area contributed by atoms with Crippen LogP contribution in [0, 0.1) is 5.41 Å². The first kappa shape index (κ1) is 17.0. The molecule has 0 fully saturated rings. The van der Waals surface area contributed by atoms with E-state index < -0.39 is 11.4 Å². The molecule has 114 valence electrons. The average Bonchev–Trinajstić information content (AvgIpc) is 2.46. The molecule has 0 saturated carbocycles. The van der Waals surface area contributed by atoms with Crippen LogP contribution in [0.25, 0.3) is 6.08 Å². The number of benzene rings is 1. The zero-order valence-corrected chi connectivity index (χ0v) is 13.0. The Morgan fingerprint density at radius 2 is 1.90 bits per heavy atom. The van der Waals surface area contributed by atoms with Gasteiger partial charge in [-0.3, -0.25) is 9.59 Å². The highest BCUT2D eigenvalue weighted by Crippen LogP contribution is 2.22. The molecule has 0 aliphatic rings. The fourth-order valence-electron chi connectivity index (χ4n) is 1.68. The quantitative estimate of drug-likeness (QED) is 0.571. The second-order valence-electron chi connectivity index (χ2n) is 5.10. The van der Waals surface area contributed by atoms with Gasteiger partial charge in [0.15, 0.2) is 5.78 Å². The summed E-state index contributed by atoms with van der Waals surface area (Å²) in [6.45, 7) is 6.80. The molecule has 1 rings (SSSR count). The Labute approximate surface area is 125 Å². The van der Waals surface area contributed by atoms with E-state index in [4.69, 9.17) is 9.47 Å². The second-order valence-corrected chi connectivity index (χ2v) is 5.10. The molecule has 0 aliphatic heterocycles. The highest BCUT2D eigenvalue weighted by molar-refractivity contribution is 6.03. The second kappa shape index (κ2) is 7.62. The van der Waals surface area contributed by atoms with E-state index >= 15 is 0 Å². The summed E-state index contributed by atoms with van der Waals surface area (Å²) in [5.41, 5.74) is -0.312. The van der Waals surface area contributed by atoms with Crippen LogP contribution in [0.1, 0.15) is 33.3 Å². The van der Waals surface area contributed by atoms with Crippen LogP contribution >= 0.6 is 0 Å². The van der Waals surface area contributed by atoms with Gasteiger partial charge in [-0.05, 0) is 33.8 Å². The van der Waals surface area contributed by atoms with Crippen molar-refractivity contribution in [2.75, 3.05) is 13.2 Å². The number of para-hydroxylation sites is 1. The highest BCUT2D eigenvalue weighted by Gasteiger charge is 2.37. The minimum absolute atomic E-state index is 0.166. The maximum atomic E-state index is 12.2. The Bertz CT molecular complexity index is 529. The molecule has 0 heterocycles. The molecule has 0 bridgehead atoms. The molecular formula is C17H22O4. The number of ketones is 1. The molecule has 0 N–H and O–H groups in total. The lowest BCUT2D eigenvalue weighted by molar-refractivity contribution is -0.158. The van der Waals surface area contributed by atoms with Gasteiger partial charge in [0, 0.05) is 5.56 Å². The minimum Gasteiger partial charge on any atom is -0.485 e. The van der Waals surface area contributed by atoms with Gasteiger partial charge in [0.25, 0.3) is 0 Å². The number of esters is 1. The molecule has 0 unspecified atom stereocenters. The summed E-state index contributed by atoms with van der Waals surface area (Å²) in [4.78, 5) is 24.0. The molecule has 0 amide bonds. The number of carbonyl (C=O) groups excluding carboxylic acids is 2. The highest BCUT2D eigenvalue weighted by atomic mass is 16.5. The van der Waals surface area contributed by atoms with E-state index in [0.29, 0.717) is 5.75 Å². The molecule has 1 aromatic rings. The van der Waals surface area contributed by atoms with Crippen molar-refractivity contribution < 1.29 is 19.1 Å². The Morgan fingerprint density at radius 1 is 1.24 bits per heavy atom. The van der Waals surface area contributed by atoms with Crippen LogP contribution in [-0.4, -0.2) is 25.0 Å². The Morgan fingerprint density at radius 3 is 2.52 bits per heavy atom. The SMILES string of the molecule is C/C=C/c1ccccc1OCC(=O)C(C)(C)C(=O)OCC. The van der Waals surface area contributed by atoms with Crippen LogP contribution < -0.4 is 4.74 Å². The average molecular weight is 290 g/mol. The van der Waals surface area contributed by atoms with Crippen molar-refractivity contribution in [1.82, 2.24) is 0 Å². The van der Waals surface area contributed by atoms with Crippen LogP contribution in [0.3, 0.4) is 0 Å². The van der Waals surface area contributed by atoms with E-state index in [1.807, 2.05) is 37.3 Å². The number of Topliss-reactive ketones (excluding diaryl/α,β-unsaturated/α-hetero) is 1. The van der Waals surface area contributed by atoms with E-state index in [0.717, 1.165) is 5.56 Å². The summed E-state index contributed by atoms with van der Waals surface area (Å²) >= 11 is 0. The van der Waals surface area contributed by atoms with Gasteiger partial charge in [0.1, 0.15) is 17.8 Å². The van der Waals surface area contributed by atoms with Gasteiger partial charge < -0.3 is 9.47 Å². The molecular weight excluding hydrogens is 268 g/mol. The lowest BCUT2D eigenvalue weighted by Crippen LogP contribution is -2.38. The van der Waals surface area contributed by atoms with Crippen LogP contribution in [0.15, 0.2) is 30.3 Å². The predicted molar refractivity (Wildman–Crippen MR) is 82.1 cm³/mol. The van der Waals surface area contributed by atoms with Crippen molar-refractivity contribution in [3.63, 3.8) is 0 Å². The third-order valence-corrected chi connectivity index (χ3v) is 3.11. The fourth-order valence-corrected chi connectivity index (χ4v) is 1.68. The van der Waals surface area contributed by atoms with Crippen LogP contribution in [0.2, 0.25) is 0 Å². The molecule has 0 saturated heterocycles. The first-order valence-electron chi connectivity index (χ1n) is 6.98. The van der Waals surface area contributed by atoms with Gasteiger partial charge in [-0.15, -0.1) is 0 Å². The molecule has 0 radical (unpaired) electrons. The lowest BCUT2D eigenvalue weighted by atomic mass is 9.88. The van der Waals surface area contributed by atoms with Gasteiger partial charge in [0.05, 0.1) is 6.61 Å². The first-order valence-corrected chi connectivity index (χ1v) is 6.98. The fraction of sp³-hybridized carbons (Fsp3) is 0.412. The van der Waals surface area contributed by atoms with E-state index in [-0.39, 0.29) is 19.0 Å². The topological polar surface area (TPSA) is 52.6 Å². The van der Waals surface area contributed by atoms with Gasteiger partial charge in [0.2, 0.25) is 0 Å². The normalized spacial score (nSPS) is 11.4. The van der Waals surface area contributed by atoms with Gasteiger partial charge in [-0.1, -0.05) is 30.4 Å². The van der Waals surface area contributed by atoms with Gasteiger partial charge in [-0.25, -0.2) is 0 Å². The summed E-state index contributed by atoms with van der Waals surface area (Å²) in [7, 11) is 0. The third kappa shape index (κ3) is 4.45. The lowest BCUT2D eigenvalue weighted by Gasteiger charge is -2.21. The van der Waals surface area contributed by atoms with Crippen LogP contribution in [0.5, 0.6) is 5.75 Å². The van der Waals surface area contributed by atoms with Gasteiger partial charge in [-0.2, -0.15) is 0 Å². The smallest absolute Gasteiger partial charge is 0.319 e. The largest absolute Gasteiger partial charge is 0.485 e. The van der Waals surface area contributed by atoms with E-state index in [9.17, 15) is 9.59 Å². The number of rotatable bonds is 7. The van der Waals surface area contributed by atoms with Crippen molar-refractivity contribution in [3.05, 3.63) is 35.9 Å². The van der Waals surface area contributed by atoms with Gasteiger partial charge >= 0.3 is 5.97 Å². The zero-order chi connectivity index (χ0) is 15.9. The number of ether oxygens (including phenoxy) is 2. The standard InChI is InChI=1S/C17H22O4/c1-5-9-13-10-7-8-11-14(13)21-12-15(18)17(3,4)16(19)20-6-2/h5,7-11H,6,12H2,1-4H3/b9-5+. The Balaban J connectivity index is 2.75. The summed E-state index contributed by atoms with van der Waals surface area (Å²) in [5, 5.41) is 0. The molecule has 4 nitrogen and oxygen atoms in total. The predicted octanol–water partition coefficient (Wildman–Crippen LogP) is 3.26. The van der Waals surface area contributed by atoms with Crippen molar-refractivity contribution in [1.29, 1.82) is 0 Å². The minimum atomic E-state index is -1.20. The van der Waals surface area contributed by atoms with Crippen LogP contribution in [-0.2, 0) is 14.3 Å². The molecule has 1 aromatic carbocycles. The molecule has 0 aromatic heterocycles. The van der Waals surface area contributed by atoms with E-state index in [1.54, 1.807) is 26.8 Å².